The molecule has 2 aromatic rings. The molecule has 0 unspecified atom stereocenters. The van der Waals surface area contributed by atoms with Gasteiger partial charge in [0.1, 0.15) is 0 Å². The molecule has 2 heteroatoms. The molecule has 0 bridgehead atoms. The molecular formula is C23H23NO. The zero-order valence-corrected chi connectivity index (χ0v) is 14.8. The summed E-state index contributed by atoms with van der Waals surface area (Å²) in [5.41, 5.74) is 4.27. The van der Waals surface area contributed by atoms with E-state index in [9.17, 15) is 4.79 Å². The van der Waals surface area contributed by atoms with Gasteiger partial charge < -0.3 is 0 Å². The Morgan fingerprint density at radius 2 is 1.60 bits per heavy atom. The summed E-state index contributed by atoms with van der Waals surface area (Å²) < 4.78 is 0. The molecule has 0 aromatic heterocycles. The quantitative estimate of drug-likeness (QED) is 0.461. The van der Waals surface area contributed by atoms with Gasteiger partial charge in [0.05, 0.1) is 11.4 Å². The molecule has 0 atom stereocenters. The average Bonchev–Trinajstić information content (AvgIpc) is 2.67. The van der Waals surface area contributed by atoms with Gasteiger partial charge in [0, 0.05) is 16.7 Å². The second-order valence-corrected chi connectivity index (χ2v) is 5.64. The molecule has 0 aliphatic carbocycles. The number of ketones is 1. The maximum absolute atomic E-state index is 12.9. The Kier molecular flexibility index (Phi) is 6.41. The highest BCUT2D eigenvalue weighted by atomic mass is 16.1. The SMILES string of the molecule is C=C(CC)C(/C=C\C)=NC(=C)c1ccccc1C(=O)c1ccccc1. The van der Waals surface area contributed by atoms with E-state index in [0.29, 0.717) is 16.8 Å². The van der Waals surface area contributed by atoms with Crippen LogP contribution >= 0.6 is 0 Å². The summed E-state index contributed by atoms with van der Waals surface area (Å²) in [6.45, 7) is 12.1. The summed E-state index contributed by atoms with van der Waals surface area (Å²) in [4.78, 5) is 17.5. The fourth-order valence-corrected chi connectivity index (χ4v) is 2.46. The number of carbonyl (C=O) groups excluding carboxylic acids is 1. The van der Waals surface area contributed by atoms with Gasteiger partial charge in [-0.2, -0.15) is 0 Å². The van der Waals surface area contributed by atoms with Crippen LogP contribution in [0.2, 0.25) is 0 Å². The van der Waals surface area contributed by atoms with Gasteiger partial charge in [0.25, 0.3) is 0 Å². The van der Waals surface area contributed by atoms with Crippen LogP contribution in [0.3, 0.4) is 0 Å². The Balaban J connectivity index is 2.45. The first kappa shape index (κ1) is 18.3. The summed E-state index contributed by atoms with van der Waals surface area (Å²) in [6.07, 6.45) is 4.65. The van der Waals surface area contributed by atoms with Crippen molar-refractivity contribution < 1.29 is 4.79 Å². The number of hydrogen-bond donors (Lipinski definition) is 0. The third-order valence-electron chi connectivity index (χ3n) is 3.89. The minimum atomic E-state index is -0.0329. The number of benzene rings is 2. The van der Waals surface area contributed by atoms with Gasteiger partial charge in [-0.05, 0) is 25.0 Å². The third-order valence-corrected chi connectivity index (χ3v) is 3.89. The van der Waals surface area contributed by atoms with Crippen molar-refractivity contribution in [2.24, 2.45) is 4.99 Å². The van der Waals surface area contributed by atoms with Crippen LogP contribution in [0.15, 0.2) is 90.5 Å². The number of carbonyl (C=O) groups is 1. The van der Waals surface area contributed by atoms with Crippen LogP contribution in [0.25, 0.3) is 5.70 Å². The number of rotatable bonds is 7. The van der Waals surface area contributed by atoms with Crippen LogP contribution in [-0.4, -0.2) is 11.5 Å². The van der Waals surface area contributed by atoms with E-state index >= 15 is 0 Å². The van der Waals surface area contributed by atoms with Crippen molar-refractivity contribution in [3.8, 4) is 0 Å². The molecule has 2 aromatic carbocycles. The molecule has 2 rings (SSSR count). The number of aliphatic imine (C=N–C) groups is 1. The topological polar surface area (TPSA) is 29.4 Å². The van der Waals surface area contributed by atoms with Crippen molar-refractivity contribution >= 4 is 17.2 Å². The highest BCUT2D eigenvalue weighted by Crippen LogP contribution is 2.23. The normalized spacial score (nSPS) is 11.5. The molecule has 0 aliphatic heterocycles. The van der Waals surface area contributed by atoms with Gasteiger partial charge >= 0.3 is 0 Å². The molecule has 0 amide bonds. The molecule has 0 radical (unpaired) electrons. The van der Waals surface area contributed by atoms with Gasteiger partial charge in [0.15, 0.2) is 5.78 Å². The standard InChI is InChI=1S/C23H23NO/c1-5-12-22(17(3)6-2)24-18(4)20-15-10-11-16-21(20)23(25)19-13-8-7-9-14-19/h5,7-16H,3-4,6H2,1-2H3/b12-5-,24-22?. The smallest absolute Gasteiger partial charge is 0.193 e. The van der Waals surface area contributed by atoms with Crippen LogP contribution in [0.5, 0.6) is 0 Å². The van der Waals surface area contributed by atoms with E-state index in [2.05, 4.69) is 18.2 Å². The van der Waals surface area contributed by atoms with Crippen LogP contribution in [0.4, 0.5) is 0 Å². The van der Waals surface area contributed by atoms with E-state index in [0.717, 1.165) is 23.3 Å². The van der Waals surface area contributed by atoms with E-state index < -0.39 is 0 Å². The molecular weight excluding hydrogens is 306 g/mol. The van der Waals surface area contributed by atoms with Crippen molar-refractivity contribution in [2.45, 2.75) is 20.3 Å². The molecule has 126 valence electrons. The van der Waals surface area contributed by atoms with E-state index in [1.54, 1.807) is 0 Å². The number of allylic oxidation sites excluding steroid dienone is 3. The first-order chi connectivity index (χ1) is 12.1. The maximum Gasteiger partial charge on any atom is 0.193 e. The Morgan fingerprint density at radius 3 is 2.20 bits per heavy atom. The lowest BCUT2D eigenvalue weighted by molar-refractivity contribution is 0.103. The first-order valence-corrected chi connectivity index (χ1v) is 8.36. The molecule has 2 nitrogen and oxygen atoms in total. The van der Waals surface area contributed by atoms with Crippen molar-refractivity contribution in [3.05, 3.63) is 102 Å². The zero-order valence-electron chi connectivity index (χ0n) is 14.8. The minimum Gasteiger partial charge on any atom is -0.289 e. The van der Waals surface area contributed by atoms with Gasteiger partial charge in [-0.25, -0.2) is 4.99 Å². The van der Waals surface area contributed by atoms with E-state index in [4.69, 9.17) is 0 Å². The summed E-state index contributed by atoms with van der Waals surface area (Å²) in [5.74, 6) is -0.0329. The summed E-state index contributed by atoms with van der Waals surface area (Å²) in [5, 5.41) is 0. The van der Waals surface area contributed by atoms with E-state index in [1.165, 1.54) is 0 Å². The first-order valence-electron chi connectivity index (χ1n) is 8.36. The second-order valence-electron chi connectivity index (χ2n) is 5.64. The largest absolute Gasteiger partial charge is 0.289 e. The van der Waals surface area contributed by atoms with Crippen molar-refractivity contribution in [3.63, 3.8) is 0 Å². The van der Waals surface area contributed by atoms with Gasteiger partial charge in [-0.1, -0.05) is 80.8 Å². The lowest BCUT2D eigenvalue weighted by atomic mass is 9.97. The average molecular weight is 329 g/mol. The van der Waals surface area contributed by atoms with Gasteiger partial charge in [0.2, 0.25) is 0 Å². The van der Waals surface area contributed by atoms with Gasteiger partial charge in [-0.3, -0.25) is 4.79 Å². The number of nitrogens with zero attached hydrogens (tertiary/aromatic N) is 1. The highest BCUT2D eigenvalue weighted by molar-refractivity contribution is 6.13. The van der Waals surface area contributed by atoms with E-state index in [1.807, 2.05) is 80.6 Å². The summed E-state index contributed by atoms with van der Waals surface area (Å²) in [6, 6.07) is 16.7. The Morgan fingerprint density at radius 1 is 1.00 bits per heavy atom. The summed E-state index contributed by atoms with van der Waals surface area (Å²) >= 11 is 0. The van der Waals surface area contributed by atoms with Crippen molar-refractivity contribution in [1.29, 1.82) is 0 Å². The Hall–Kier alpha value is -3.00. The second kappa shape index (κ2) is 8.74. The fraction of sp³-hybridized carbons (Fsp3) is 0.130. The predicted molar refractivity (Wildman–Crippen MR) is 107 cm³/mol. The highest BCUT2D eigenvalue weighted by Gasteiger charge is 2.15. The third kappa shape index (κ3) is 4.51. The predicted octanol–water partition coefficient (Wildman–Crippen LogP) is 5.87. The lowest BCUT2D eigenvalue weighted by Gasteiger charge is -2.10. The van der Waals surface area contributed by atoms with Crippen LogP contribution in [-0.2, 0) is 0 Å². The summed E-state index contributed by atoms with van der Waals surface area (Å²) in [7, 11) is 0. The molecule has 0 saturated heterocycles. The molecule has 0 N–H and O–H groups in total. The molecule has 0 spiro atoms. The lowest BCUT2D eigenvalue weighted by Crippen LogP contribution is -2.05. The monoisotopic (exact) mass is 329 g/mol. The van der Waals surface area contributed by atoms with Crippen molar-refractivity contribution in [2.75, 3.05) is 0 Å². The van der Waals surface area contributed by atoms with Gasteiger partial charge in [-0.15, -0.1) is 0 Å². The van der Waals surface area contributed by atoms with Crippen molar-refractivity contribution in [1.82, 2.24) is 0 Å². The van der Waals surface area contributed by atoms with E-state index in [-0.39, 0.29) is 5.78 Å². The number of hydrogen-bond acceptors (Lipinski definition) is 2. The maximum atomic E-state index is 12.9. The molecule has 25 heavy (non-hydrogen) atoms. The van der Waals surface area contributed by atoms with Crippen LogP contribution in [0, 0.1) is 0 Å². The molecule has 0 heterocycles. The molecule has 0 fully saturated rings. The Bertz CT molecular complexity index is 841. The minimum absolute atomic E-state index is 0.0329. The zero-order chi connectivity index (χ0) is 18.2. The fourth-order valence-electron chi connectivity index (χ4n) is 2.46. The molecule has 0 saturated carbocycles. The molecule has 0 aliphatic rings. The van der Waals surface area contributed by atoms with Crippen LogP contribution in [0.1, 0.15) is 41.8 Å². The Labute approximate surface area is 149 Å². The van der Waals surface area contributed by atoms with Crippen LogP contribution < -0.4 is 0 Å².